The number of rotatable bonds is 4. The highest BCUT2D eigenvalue weighted by molar-refractivity contribution is 5.97. The molecule has 2 heterocycles. The molecule has 2 aromatic rings. The average molecular weight is 353 g/mol. The Hall–Kier alpha value is -2.12. The summed E-state index contributed by atoms with van der Waals surface area (Å²) < 4.78 is 10.6. The summed E-state index contributed by atoms with van der Waals surface area (Å²) in [7, 11) is 0. The van der Waals surface area contributed by atoms with Gasteiger partial charge >= 0.3 is 0 Å². The number of aryl methyl sites for hydroxylation is 1. The number of carbonyl (C=O) groups excluding carboxylic acids is 1. The number of ether oxygens (including phenoxy) is 1. The number of aromatic nitrogens is 2. The van der Waals surface area contributed by atoms with E-state index >= 15 is 0 Å². The number of amides is 1. The van der Waals surface area contributed by atoms with Crippen LogP contribution in [0, 0.1) is 6.92 Å². The molecule has 130 valence electrons. The Morgan fingerprint density at radius 2 is 2.25 bits per heavy atom. The van der Waals surface area contributed by atoms with Crippen LogP contribution in [-0.4, -0.2) is 40.1 Å². The maximum absolute atomic E-state index is 12.7. The zero-order valence-corrected chi connectivity index (χ0v) is 14.3. The Morgan fingerprint density at radius 1 is 1.46 bits per heavy atom. The number of piperidine rings is 1. The molecule has 0 bridgehead atoms. The van der Waals surface area contributed by atoms with E-state index in [1.807, 2.05) is 12.1 Å². The quantitative estimate of drug-likeness (QED) is 0.903. The van der Waals surface area contributed by atoms with Gasteiger partial charge < -0.3 is 19.9 Å². The summed E-state index contributed by atoms with van der Waals surface area (Å²) in [6.07, 6.45) is 1.89. The lowest BCUT2D eigenvalue weighted by Crippen LogP contribution is -2.45. The number of hydrogen-bond donors (Lipinski definition) is 1. The molecule has 1 aliphatic heterocycles. The van der Waals surface area contributed by atoms with Crippen molar-refractivity contribution in [2.75, 3.05) is 13.1 Å². The first kappa shape index (κ1) is 18.2. The second-order valence-electron chi connectivity index (χ2n) is 5.67. The van der Waals surface area contributed by atoms with Gasteiger partial charge in [0.1, 0.15) is 5.75 Å². The monoisotopic (exact) mass is 352 g/mol. The normalized spacial score (nSPS) is 17.2. The number of benzene rings is 1. The van der Waals surface area contributed by atoms with Crippen LogP contribution >= 0.6 is 12.4 Å². The fourth-order valence-electron chi connectivity index (χ4n) is 2.68. The Kier molecular flexibility index (Phi) is 6.16. The molecule has 0 spiro atoms. The first-order valence-electron chi connectivity index (χ1n) is 7.69. The van der Waals surface area contributed by atoms with Gasteiger partial charge in [0, 0.05) is 26.1 Å². The van der Waals surface area contributed by atoms with Gasteiger partial charge in [-0.3, -0.25) is 4.79 Å². The number of hydrogen-bond acceptors (Lipinski definition) is 6. The second kappa shape index (κ2) is 8.12. The highest BCUT2D eigenvalue weighted by Gasteiger charge is 2.24. The van der Waals surface area contributed by atoms with Crippen molar-refractivity contribution in [3.8, 4) is 5.75 Å². The third-order valence-electron chi connectivity index (χ3n) is 3.79. The van der Waals surface area contributed by atoms with E-state index in [2.05, 4.69) is 10.1 Å². The lowest BCUT2D eigenvalue weighted by atomic mass is 10.0. The van der Waals surface area contributed by atoms with E-state index < -0.39 is 0 Å². The SMILES string of the molecule is Cc1nc(COc2ccccc2C(=O)N2CCCC(N)C2)no1.Cl. The van der Waals surface area contributed by atoms with Crippen LogP contribution in [0.4, 0.5) is 0 Å². The zero-order chi connectivity index (χ0) is 16.2. The first-order valence-corrected chi connectivity index (χ1v) is 7.69. The highest BCUT2D eigenvalue weighted by atomic mass is 35.5. The predicted octanol–water partition coefficient (Wildman–Crippen LogP) is 1.94. The van der Waals surface area contributed by atoms with E-state index in [1.165, 1.54) is 0 Å². The number of nitrogens with two attached hydrogens (primary N) is 1. The molecule has 1 saturated heterocycles. The summed E-state index contributed by atoms with van der Waals surface area (Å²) in [5.74, 6) is 1.39. The lowest BCUT2D eigenvalue weighted by molar-refractivity contribution is 0.0703. The first-order chi connectivity index (χ1) is 11.1. The van der Waals surface area contributed by atoms with Gasteiger partial charge in [0.2, 0.25) is 11.7 Å². The van der Waals surface area contributed by atoms with E-state index in [0.717, 1.165) is 19.4 Å². The van der Waals surface area contributed by atoms with Crippen molar-refractivity contribution in [3.05, 3.63) is 41.5 Å². The molecule has 3 rings (SSSR count). The van der Waals surface area contributed by atoms with Gasteiger partial charge in [-0.2, -0.15) is 4.98 Å². The number of likely N-dealkylation sites (tertiary alicyclic amines) is 1. The molecule has 1 fully saturated rings. The molecule has 24 heavy (non-hydrogen) atoms. The minimum atomic E-state index is -0.0555. The fraction of sp³-hybridized carbons (Fsp3) is 0.438. The number of para-hydroxylation sites is 1. The molecule has 1 aromatic carbocycles. The van der Waals surface area contributed by atoms with Gasteiger partial charge in [-0.05, 0) is 25.0 Å². The van der Waals surface area contributed by atoms with Gasteiger partial charge in [-0.15, -0.1) is 12.4 Å². The van der Waals surface area contributed by atoms with Crippen LogP contribution in [0.1, 0.15) is 34.9 Å². The van der Waals surface area contributed by atoms with Crippen molar-refractivity contribution in [2.45, 2.75) is 32.4 Å². The summed E-state index contributed by atoms with van der Waals surface area (Å²) in [5.41, 5.74) is 6.49. The van der Waals surface area contributed by atoms with Crippen LogP contribution in [-0.2, 0) is 6.61 Å². The standard InChI is InChI=1S/C16H20N4O3.ClH/c1-11-18-15(19-23-11)10-22-14-7-3-2-6-13(14)16(21)20-8-4-5-12(17)9-20;/h2-3,6-7,12H,4-5,8-10,17H2,1H3;1H. The van der Waals surface area contributed by atoms with Gasteiger partial charge in [0.25, 0.3) is 5.91 Å². The Labute approximate surface area is 146 Å². The van der Waals surface area contributed by atoms with E-state index in [0.29, 0.717) is 29.6 Å². The Morgan fingerprint density at radius 3 is 2.96 bits per heavy atom. The maximum Gasteiger partial charge on any atom is 0.257 e. The molecule has 1 unspecified atom stereocenters. The van der Waals surface area contributed by atoms with Crippen LogP contribution in [0.15, 0.2) is 28.8 Å². The molecule has 2 N–H and O–H groups in total. The van der Waals surface area contributed by atoms with Gasteiger partial charge in [-0.25, -0.2) is 0 Å². The van der Waals surface area contributed by atoms with Crippen molar-refractivity contribution in [1.82, 2.24) is 15.0 Å². The smallest absolute Gasteiger partial charge is 0.257 e. The van der Waals surface area contributed by atoms with Crippen LogP contribution < -0.4 is 10.5 Å². The third kappa shape index (κ3) is 4.24. The van der Waals surface area contributed by atoms with Crippen LogP contribution in [0.25, 0.3) is 0 Å². The molecule has 1 aromatic heterocycles. The molecule has 1 aliphatic rings. The number of carbonyl (C=O) groups is 1. The third-order valence-corrected chi connectivity index (χ3v) is 3.79. The molecular weight excluding hydrogens is 332 g/mol. The van der Waals surface area contributed by atoms with Crippen molar-refractivity contribution < 1.29 is 14.1 Å². The fourth-order valence-corrected chi connectivity index (χ4v) is 2.68. The second-order valence-corrected chi connectivity index (χ2v) is 5.67. The van der Waals surface area contributed by atoms with Crippen molar-refractivity contribution in [3.63, 3.8) is 0 Å². The topological polar surface area (TPSA) is 94.5 Å². The number of nitrogens with zero attached hydrogens (tertiary/aromatic N) is 3. The van der Waals surface area contributed by atoms with Crippen LogP contribution in [0.3, 0.4) is 0 Å². The summed E-state index contributed by atoms with van der Waals surface area (Å²) in [6, 6.07) is 7.23. The van der Waals surface area contributed by atoms with Crippen molar-refractivity contribution in [1.29, 1.82) is 0 Å². The van der Waals surface area contributed by atoms with Crippen LogP contribution in [0.2, 0.25) is 0 Å². The molecule has 1 amide bonds. The Bertz CT molecular complexity index is 691. The highest BCUT2D eigenvalue weighted by Crippen LogP contribution is 2.22. The van der Waals surface area contributed by atoms with E-state index in [9.17, 15) is 4.79 Å². The predicted molar refractivity (Wildman–Crippen MR) is 90.2 cm³/mol. The maximum atomic E-state index is 12.7. The van der Waals surface area contributed by atoms with Gasteiger partial charge in [-0.1, -0.05) is 17.3 Å². The molecule has 7 nitrogen and oxygen atoms in total. The average Bonchev–Trinajstić information content (AvgIpc) is 2.98. The molecule has 0 saturated carbocycles. The van der Waals surface area contributed by atoms with Crippen LogP contribution in [0.5, 0.6) is 5.75 Å². The largest absolute Gasteiger partial charge is 0.485 e. The van der Waals surface area contributed by atoms with Crippen molar-refractivity contribution >= 4 is 18.3 Å². The van der Waals surface area contributed by atoms with E-state index in [-0.39, 0.29) is 31.0 Å². The molecule has 1 atom stereocenters. The van der Waals surface area contributed by atoms with Crippen molar-refractivity contribution in [2.24, 2.45) is 5.73 Å². The Balaban J connectivity index is 0.00000208. The summed E-state index contributed by atoms with van der Waals surface area (Å²) in [5, 5.41) is 3.78. The molecular formula is C16H21ClN4O3. The molecule has 0 aliphatic carbocycles. The van der Waals surface area contributed by atoms with E-state index in [4.69, 9.17) is 15.0 Å². The molecule has 8 heteroatoms. The van der Waals surface area contributed by atoms with Gasteiger partial charge in [0.05, 0.1) is 5.56 Å². The summed E-state index contributed by atoms with van der Waals surface area (Å²) in [4.78, 5) is 18.6. The lowest BCUT2D eigenvalue weighted by Gasteiger charge is -2.31. The van der Waals surface area contributed by atoms with E-state index in [1.54, 1.807) is 24.0 Å². The summed E-state index contributed by atoms with van der Waals surface area (Å²) >= 11 is 0. The van der Waals surface area contributed by atoms with Gasteiger partial charge in [0.15, 0.2) is 6.61 Å². The zero-order valence-electron chi connectivity index (χ0n) is 13.5. The minimum absolute atomic E-state index is 0. The minimum Gasteiger partial charge on any atom is -0.485 e. The molecule has 0 radical (unpaired) electrons. The number of halogens is 1. The summed E-state index contributed by atoms with van der Waals surface area (Å²) in [6.45, 7) is 3.18.